The first-order chi connectivity index (χ1) is 14.8. The van der Waals surface area contributed by atoms with E-state index in [2.05, 4.69) is 20.0 Å². The molecule has 1 fully saturated rings. The highest BCUT2D eigenvalue weighted by atomic mass is 16.5. The van der Waals surface area contributed by atoms with Crippen molar-refractivity contribution in [2.75, 3.05) is 38.2 Å². The van der Waals surface area contributed by atoms with Gasteiger partial charge in [0.25, 0.3) is 0 Å². The molecular weight excluding hydrogens is 376 g/mol. The van der Waals surface area contributed by atoms with E-state index in [0.29, 0.717) is 12.4 Å². The molecule has 1 aliphatic rings. The van der Waals surface area contributed by atoms with E-state index in [1.54, 1.807) is 7.11 Å². The Morgan fingerprint density at radius 2 is 1.73 bits per heavy atom. The number of piperazine rings is 1. The van der Waals surface area contributed by atoms with Crippen molar-refractivity contribution in [2.24, 2.45) is 5.10 Å². The number of aromatic nitrogens is 1. The third-order valence-electron chi connectivity index (χ3n) is 5.02. The quantitative estimate of drug-likeness (QED) is 0.562. The van der Waals surface area contributed by atoms with Gasteiger partial charge in [-0.15, -0.1) is 0 Å². The number of rotatable bonds is 7. The van der Waals surface area contributed by atoms with E-state index in [9.17, 15) is 0 Å². The van der Waals surface area contributed by atoms with Crippen LogP contribution in [0.4, 0.5) is 5.82 Å². The Labute approximate surface area is 177 Å². The molecule has 1 aliphatic heterocycles. The van der Waals surface area contributed by atoms with Crippen LogP contribution in [0.15, 0.2) is 78.0 Å². The maximum Gasteiger partial charge on any atom is 0.161 e. The Balaban J connectivity index is 1.33. The zero-order chi connectivity index (χ0) is 20.6. The van der Waals surface area contributed by atoms with E-state index in [1.807, 2.05) is 79.1 Å². The van der Waals surface area contributed by atoms with E-state index >= 15 is 0 Å². The van der Waals surface area contributed by atoms with Crippen molar-refractivity contribution < 1.29 is 9.47 Å². The summed E-state index contributed by atoms with van der Waals surface area (Å²) >= 11 is 0. The molecule has 0 unspecified atom stereocenters. The van der Waals surface area contributed by atoms with E-state index in [4.69, 9.17) is 9.47 Å². The number of hydrogen-bond donors (Lipinski definition) is 0. The number of nitrogens with zero attached hydrogens (tertiary/aromatic N) is 4. The molecule has 0 N–H and O–H groups in total. The van der Waals surface area contributed by atoms with Crippen LogP contribution in [0.25, 0.3) is 0 Å². The summed E-state index contributed by atoms with van der Waals surface area (Å²) in [5.41, 5.74) is 2.10. The molecule has 0 saturated carbocycles. The lowest BCUT2D eigenvalue weighted by Crippen LogP contribution is -2.44. The number of methoxy groups -OCH3 is 1. The molecule has 0 amide bonds. The Morgan fingerprint density at radius 1 is 0.933 bits per heavy atom. The average molecular weight is 402 g/mol. The number of pyridine rings is 1. The fourth-order valence-corrected chi connectivity index (χ4v) is 3.35. The number of hydrazone groups is 1. The summed E-state index contributed by atoms with van der Waals surface area (Å²) in [7, 11) is 1.66. The zero-order valence-corrected chi connectivity index (χ0v) is 17.1. The summed E-state index contributed by atoms with van der Waals surface area (Å²) in [6, 6.07) is 22.0. The van der Waals surface area contributed by atoms with Crippen molar-refractivity contribution in [2.45, 2.75) is 6.61 Å². The van der Waals surface area contributed by atoms with Gasteiger partial charge in [0.05, 0.1) is 26.4 Å². The molecule has 0 aliphatic carbocycles. The van der Waals surface area contributed by atoms with Gasteiger partial charge in [0, 0.05) is 19.3 Å². The predicted octanol–water partition coefficient (Wildman–Crippen LogP) is 3.83. The van der Waals surface area contributed by atoms with E-state index in [-0.39, 0.29) is 0 Å². The van der Waals surface area contributed by atoms with Gasteiger partial charge in [-0.05, 0) is 41.5 Å². The van der Waals surface area contributed by atoms with Crippen LogP contribution in [-0.4, -0.2) is 49.5 Å². The molecule has 2 aromatic carbocycles. The Morgan fingerprint density at radius 3 is 2.47 bits per heavy atom. The van der Waals surface area contributed by atoms with Crippen molar-refractivity contribution in [1.82, 2.24) is 9.99 Å². The number of benzene rings is 2. The second kappa shape index (κ2) is 9.78. The molecule has 0 radical (unpaired) electrons. The lowest BCUT2D eigenvalue weighted by Gasteiger charge is -2.33. The Kier molecular flexibility index (Phi) is 6.44. The number of hydrogen-bond acceptors (Lipinski definition) is 6. The zero-order valence-electron chi connectivity index (χ0n) is 17.1. The first kappa shape index (κ1) is 19.8. The van der Waals surface area contributed by atoms with Crippen molar-refractivity contribution in [3.63, 3.8) is 0 Å². The van der Waals surface area contributed by atoms with Crippen LogP contribution in [-0.2, 0) is 6.61 Å². The highest BCUT2D eigenvalue weighted by molar-refractivity contribution is 5.80. The van der Waals surface area contributed by atoms with Crippen LogP contribution < -0.4 is 14.4 Å². The molecule has 2 heterocycles. The minimum atomic E-state index is 0.505. The molecule has 0 bridgehead atoms. The minimum absolute atomic E-state index is 0.505. The van der Waals surface area contributed by atoms with Crippen LogP contribution in [0.2, 0.25) is 0 Å². The summed E-state index contributed by atoms with van der Waals surface area (Å²) in [5, 5.41) is 6.73. The van der Waals surface area contributed by atoms with Gasteiger partial charge in [0.1, 0.15) is 12.4 Å². The van der Waals surface area contributed by atoms with Gasteiger partial charge in [0.2, 0.25) is 0 Å². The van der Waals surface area contributed by atoms with Gasteiger partial charge in [0.15, 0.2) is 11.5 Å². The summed E-state index contributed by atoms with van der Waals surface area (Å²) in [6.45, 7) is 4.05. The van der Waals surface area contributed by atoms with Gasteiger partial charge in [-0.25, -0.2) is 4.98 Å². The largest absolute Gasteiger partial charge is 0.493 e. The molecule has 1 aromatic heterocycles. The second-order valence-electron chi connectivity index (χ2n) is 7.06. The molecule has 0 spiro atoms. The van der Waals surface area contributed by atoms with Crippen molar-refractivity contribution in [3.05, 3.63) is 84.1 Å². The first-order valence-electron chi connectivity index (χ1n) is 10.1. The Bertz CT molecular complexity index is 955. The van der Waals surface area contributed by atoms with Crippen LogP contribution in [0.3, 0.4) is 0 Å². The standard InChI is InChI=1S/C24H26N4O2/c1-29-23-17-21(10-11-22(23)30-19-20-7-3-2-4-8-20)18-26-28-15-13-27(14-16-28)24-9-5-6-12-25-24/h2-12,17-18H,13-16,19H2,1H3/b26-18+. The van der Waals surface area contributed by atoms with Gasteiger partial charge in [-0.3, -0.25) is 5.01 Å². The fourth-order valence-electron chi connectivity index (χ4n) is 3.35. The number of anilines is 1. The van der Waals surface area contributed by atoms with Gasteiger partial charge < -0.3 is 14.4 Å². The maximum absolute atomic E-state index is 5.93. The highest BCUT2D eigenvalue weighted by Crippen LogP contribution is 2.28. The lowest BCUT2D eigenvalue weighted by atomic mass is 10.2. The van der Waals surface area contributed by atoms with Gasteiger partial charge in [-0.1, -0.05) is 36.4 Å². The molecular formula is C24H26N4O2. The SMILES string of the molecule is COc1cc(/C=N/N2CCN(c3ccccn3)CC2)ccc1OCc1ccccc1. The summed E-state index contributed by atoms with van der Waals surface area (Å²) in [6.07, 6.45) is 3.71. The topological polar surface area (TPSA) is 50.2 Å². The summed E-state index contributed by atoms with van der Waals surface area (Å²) in [5.74, 6) is 2.45. The highest BCUT2D eigenvalue weighted by Gasteiger charge is 2.16. The Hall–Kier alpha value is -3.54. The molecule has 1 saturated heterocycles. The predicted molar refractivity (Wildman–Crippen MR) is 119 cm³/mol. The second-order valence-corrected chi connectivity index (χ2v) is 7.06. The fraction of sp³-hybridized carbons (Fsp3) is 0.250. The van der Waals surface area contributed by atoms with E-state index < -0.39 is 0 Å². The van der Waals surface area contributed by atoms with E-state index in [0.717, 1.165) is 48.9 Å². The van der Waals surface area contributed by atoms with Gasteiger partial charge >= 0.3 is 0 Å². The normalized spacial score (nSPS) is 14.2. The molecule has 3 aromatic rings. The monoisotopic (exact) mass is 402 g/mol. The molecule has 6 nitrogen and oxygen atoms in total. The van der Waals surface area contributed by atoms with Gasteiger partial charge in [-0.2, -0.15) is 5.10 Å². The van der Waals surface area contributed by atoms with Crippen molar-refractivity contribution in [3.8, 4) is 11.5 Å². The third kappa shape index (κ3) is 5.08. The summed E-state index contributed by atoms with van der Waals surface area (Å²) < 4.78 is 11.4. The molecule has 6 heteroatoms. The molecule has 154 valence electrons. The van der Waals surface area contributed by atoms with Crippen LogP contribution in [0, 0.1) is 0 Å². The third-order valence-corrected chi connectivity index (χ3v) is 5.02. The average Bonchev–Trinajstić information content (AvgIpc) is 2.83. The minimum Gasteiger partial charge on any atom is -0.493 e. The van der Waals surface area contributed by atoms with E-state index in [1.165, 1.54) is 0 Å². The molecule has 30 heavy (non-hydrogen) atoms. The lowest BCUT2D eigenvalue weighted by molar-refractivity contribution is 0.271. The van der Waals surface area contributed by atoms with Crippen LogP contribution in [0.1, 0.15) is 11.1 Å². The van der Waals surface area contributed by atoms with Crippen molar-refractivity contribution >= 4 is 12.0 Å². The molecule has 0 atom stereocenters. The van der Waals surface area contributed by atoms with Crippen LogP contribution in [0.5, 0.6) is 11.5 Å². The first-order valence-corrected chi connectivity index (χ1v) is 10.1. The smallest absolute Gasteiger partial charge is 0.161 e. The van der Waals surface area contributed by atoms with Crippen LogP contribution >= 0.6 is 0 Å². The maximum atomic E-state index is 5.93. The summed E-state index contributed by atoms with van der Waals surface area (Å²) in [4.78, 5) is 6.71. The van der Waals surface area contributed by atoms with Crippen molar-refractivity contribution in [1.29, 1.82) is 0 Å². The number of ether oxygens (including phenoxy) is 2. The molecule has 4 rings (SSSR count).